The van der Waals surface area contributed by atoms with Crippen molar-refractivity contribution in [3.05, 3.63) is 17.8 Å². The largest absolute Gasteiger partial charge is 0.480 e. The van der Waals surface area contributed by atoms with Gasteiger partial charge in [0.05, 0.1) is 11.3 Å². The SMILES string of the molecule is CC(C(=O)O)N(C(=O)C1CCCN(c2ncnc3sccc23)C1)C1CC1. The van der Waals surface area contributed by atoms with Gasteiger partial charge in [0, 0.05) is 19.1 Å². The Morgan fingerprint density at radius 1 is 1.35 bits per heavy atom. The maximum Gasteiger partial charge on any atom is 0.326 e. The maximum absolute atomic E-state index is 13.1. The van der Waals surface area contributed by atoms with E-state index in [9.17, 15) is 14.7 Å². The van der Waals surface area contributed by atoms with E-state index in [2.05, 4.69) is 14.9 Å². The fourth-order valence-electron chi connectivity index (χ4n) is 3.77. The number of anilines is 1. The first-order valence-corrected chi connectivity index (χ1v) is 9.92. The van der Waals surface area contributed by atoms with Crippen LogP contribution in [0.15, 0.2) is 17.8 Å². The average Bonchev–Trinajstić information content (AvgIpc) is 3.36. The van der Waals surface area contributed by atoms with Crippen molar-refractivity contribution in [2.75, 3.05) is 18.0 Å². The molecule has 1 aliphatic carbocycles. The smallest absolute Gasteiger partial charge is 0.326 e. The first-order chi connectivity index (χ1) is 12.6. The Hall–Kier alpha value is -2.22. The van der Waals surface area contributed by atoms with Crippen molar-refractivity contribution in [1.82, 2.24) is 14.9 Å². The summed E-state index contributed by atoms with van der Waals surface area (Å²) in [4.78, 5) is 38.0. The van der Waals surface area contributed by atoms with E-state index in [0.29, 0.717) is 6.54 Å². The minimum Gasteiger partial charge on any atom is -0.480 e. The van der Waals surface area contributed by atoms with Crippen LogP contribution in [0.3, 0.4) is 0 Å². The molecule has 1 saturated heterocycles. The molecule has 2 aromatic rings. The van der Waals surface area contributed by atoms with Crippen LogP contribution in [0.4, 0.5) is 5.82 Å². The van der Waals surface area contributed by atoms with Crippen LogP contribution in [-0.2, 0) is 9.59 Å². The number of thiophene rings is 1. The number of amides is 1. The predicted octanol–water partition coefficient (Wildman–Crippen LogP) is 2.37. The zero-order chi connectivity index (χ0) is 18.3. The second-order valence-corrected chi connectivity index (χ2v) is 8.01. The van der Waals surface area contributed by atoms with Gasteiger partial charge >= 0.3 is 5.97 Å². The molecule has 4 rings (SSSR count). The number of hydrogen-bond acceptors (Lipinski definition) is 6. The number of carboxylic acid groups (broad SMARTS) is 1. The van der Waals surface area contributed by atoms with E-state index < -0.39 is 12.0 Å². The number of carbonyl (C=O) groups is 2. The van der Waals surface area contributed by atoms with Crippen LogP contribution in [0.5, 0.6) is 0 Å². The molecule has 0 bridgehead atoms. The summed E-state index contributed by atoms with van der Waals surface area (Å²) in [6.07, 6.45) is 5.07. The Morgan fingerprint density at radius 2 is 2.15 bits per heavy atom. The van der Waals surface area contributed by atoms with Crippen molar-refractivity contribution >= 4 is 39.2 Å². The topological polar surface area (TPSA) is 86.6 Å². The van der Waals surface area contributed by atoms with E-state index in [1.807, 2.05) is 11.4 Å². The molecule has 138 valence electrons. The summed E-state index contributed by atoms with van der Waals surface area (Å²) in [7, 11) is 0. The van der Waals surface area contributed by atoms with E-state index in [0.717, 1.165) is 48.3 Å². The number of fused-ring (bicyclic) bond motifs is 1. The van der Waals surface area contributed by atoms with Gasteiger partial charge < -0.3 is 14.9 Å². The van der Waals surface area contributed by atoms with E-state index in [1.165, 1.54) is 0 Å². The summed E-state index contributed by atoms with van der Waals surface area (Å²) in [5.41, 5.74) is 0. The third-order valence-electron chi connectivity index (χ3n) is 5.28. The molecule has 2 fully saturated rings. The minimum absolute atomic E-state index is 0.0253. The van der Waals surface area contributed by atoms with Crippen molar-refractivity contribution in [3.8, 4) is 0 Å². The molecule has 1 aliphatic heterocycles. The monoisotopic (exact) mass is 374 g/mol. The fourth-order valence-corrected chi connectivity index (χ4v) is 4.50. The molecule has 2 unspecified atom stereocenters. The molecule has 3 heterocycles. The maximum atomic E-state index is 13.1. The molecule has 26 heavy (non-hydrogen) atoms. The van der Waals surface area contributed by atoms with Gasteiger partial charge in [0.25, 0.3) is 0 Å². The highest BCUT2D eigenvalue weighted by Gasteiger charge is 2.42. The van der Waals surface area contributed by atoms with E-state index in [4.69, 9.17) is 0 Å². The lowest BCUT2D eigenvalue weighted by atomic mass is 9.95. The van der Waals surface area contributed by atoms with Crippen molar-refractivity contribution in [2.45, 2.75) is 44.7 Å². The molecular weight excluding hydrogens is 352 g/mol. The summed E-state index contributed by atoms with van der Waals surface area (Å²) in [5.74, 6) is -0.274. The lowest BCUT2D eigenvalue weighted by molar-refractivity contribution is -0.152. The molecule has 1 saturated carbocycles. The van der Waals surface area contributed by atoms with Crippen molar-refractivity contribution in [1.29, 1.82) is 0 Å². The van der Waals surface area contributed by atoms with Crippen LogP contribution in [-0.4, -0.2) is 57.0 Å². The summed E-state index contributed by atoms with van der Waals surface area (Å²) in [5, 5.41) is 12.4. The number of piperidine rings is 1. The number of nitrogens with zero attached hydrogens (tertiary/aromatic N) is 4. The Bertz CT molecular complexity index is 835. The highest BCUT2D eigenvalue weighted by Crippen LogP contribution is 2.34. The lowest BCUT2D eigenvalue weighted by Gasteiger charge is -2.37. The van der Waals surface area contributed by atoms with Crippen LogP contribution < -0.4 is 4.90 Å². The van der Waals surface area contributed by atoms with Gasteiger partial charge in [-0.15, -0.1) is 11.3 Å². The van der Waals surface area contributed by atoms with Gasteiger partial charge in [0.2, 0.25) is 5.91 Å². The van der Waals surface area contributed by atoms with Gasteiger partial charge in [0.15, 0.2) is 0 Å². The number of rotatable bonds is 5. The van der Waals surface area contributed by atoms with Gasteiger partial charge in [-0.2, -0.15) is 0 Å². The molecule has 0 aromatic carbocycles. The van der Waals surface area contributed by atoms with Crippen molar-refractivity contribution in [3.63, 3.8) is 0 Å². The number of carboxylic acids is 1. The van der Waals surface area contributed by atoms with Crippen molar-refractivity contribution < 1.29 is 14.7 Å². The third-order valence-corrected chi connectivity index (χ3v) is 6.10. The highest BCUT2D eigenvalue weighted by molar-refractivity contribution is 7.16. The first-order valence-electron chi connectivity index (χ1n) is 9.04. The van der Waals surface area contributed by atoms with Crippen molar-refractivity contribution in [2.24, 2.45) is 5.92 Å². The van der Waals surface area contributed by atoms with Gasteiger partial charge in [-0.3, -0.25) is 4.79 Å². The summed E-state index contributed by atoms with van der Waals surface area (Å²) < 4.78 is 0. The number of carbonyl (C=O) groups excluding carboxylic acids is 1. The van der Waals surface area contributed by atoms with E-state index >= 15 is 0 Å². The molecule has 2 atom stereocenters. The van der Waals surface area contributed by atoms with E-state index in [1.54, 1.807) is 29.5 Å². The Morgan fingerprint density at radius 3 is 2.88 bits per heavy atom. The molecule has 1 amide bonds. The molecule has 2 aliphatic rings. The fraction of sp³-hybridized carbons (Fsp3) is 0.556. The van der Waals surface area contributed by atoms with Gasteiger partial charge in [-0.05, 0) is 44.1 Å². The Kier molecular flexibility index (Phi) is 4.52. The summed E-state index contributed by atoms with van der Waals surface area (Å²) in [6, 6.07) is 1.34. The quantitative estimate of drug-likeness (QED) is 0.865. The number of hydrogen-bond donors (Lipinski definition) is 1. The molecule has 7 nitrogen and oxygen atoms in total. The second kappa shape index (κ2) is 6.83. The van der Waals surface area contributed by atoms with Crippen LogP contribution in [0.2, 0.25) is 0 Å². The first kappa shape index (κ1) is 17.2. The minimum atomic E-state index is -0.936. The zero-order valence-electron chi connectivity index (χ0n) is 14.7. The van der Waals surface area contributed by atoms with Gasteiger partial charge in [-0.1, -0.05) is 0 Å². The molecular formula is C18H22N4O3S. The highest BCUT2D eigenvalue weighted by atomic mass is 32.1. The Labute approximate surface area is 155 Å². The predicted molar refractivity (Wildman–Crippen MR) is 99.3 cm³/mol. The normalized spacial score (nSPS) is 21.6. The third kappa shape index (κ3) is 3.13. The van der Waals surface area contributed by atoms with Crippen LogP contribution >= 0.6 is 11.3 Å². The van der Waals surface area contributed by atoms with Gasteiger partial charge in [-0.25, -0.2) is 14.8 Å². The number of aromatic nitrogens is 2. The van der Waals surface area contributed by atoms with Crippen LogP contribution in [0.1, 0.15) is 32.6 Å². The Balaban J connectivity index is 1.55. The molecule has 8 heteroatoms. The van der Waals surface area contributed by atoms with Gasteiger partial charge in [0.1, 0.15) is 23.0 Å². The standard InChI is InChI=1S/C18H22N4O3S/c1-11(18(24)25)22(13-4-5-13)17(23)12-3-2-7-21(9-12)15-14-6-8-26-16(14)20-10-19-15/h6,8,10-13H,2-5,7,9H2,1H3,(H,24,25). The van der Waals surface area contributed by atoms with E-state index in [-0.39, 0.29) is 17.9 Å². The second-order valence-electron chi connectivity index (χ2n) is 7.11. The molecule has 2 aromatic heterocycles. The molecule has 1 N–H and O–H groups in total. The summed E-state index contributed by atoms with van der Waals surface area (Å²) >= 11 is 1.58. The average molecular weight is 374 g/mol. The molecule has 0 radical (unpaired) electrons. The lowest BCUT2D eigenvalue weighted by Crippen LogP contribution is -2.51. The van der Waals surface area contributed by atoms with Crippen LogP contribution in [0, 0.1) is 5.92 Å². The molecule has 0 spiro atoms. The number of aliphatic carboxylic acids is 1. The summed E-state index contributed by atoms with van der Waals surface area (Å²) in [6.45, 7) is 3.04. The van der Waals surface area contributed by atoms with Crippen LogP contribution in [0.25, 0.3) is 10.2 Å². The zero-order valence-corrected chi connectivity index (χ0v) is 15.5.